The molecule has 2 aromatic carbocycles. The lowest BCUT2D eigenvalue weighted by Gasteiger charge is -2.25. The smallest absolute Gasteiger partial charge is 0.337 e. The molecule has 0 bridgehead atoms. The van der Waals surface area contributed by atoms with Gasteiger partial charge in [-0.3, -0.25) is 4.79 Å². The molecule has 0 unspecified atom stereocenters. The van der Waals surface area contributed by atoms with Crippen molar-refractivity contribution in [2.24, 2.45) is 0 Å². The first kappa shape index (κ1) is 21.6. The third-order valence-electron chi connectivity index (χ3n) is 5.30. The molecule has 0 saturated carbocycles. The second kappa shape index (κ2) is 9.65. The van der Waals surface area contributed by atoms with E-state index >= 15 is 0 Å². The fourth-order valence-corrected chi connectivity index (χ4v) is 3.82. The fourth-order valence-electron chi connectivity index (χ4n) is 3.72. The van der Waals surface area contributed by atoms with Crippen LogP contribution >= 0.6 is 11.6 Å². The third kappa shape index (κ3) is 4.97. The van der Waals surface area contributed by atoms with Crippen LogP contribution in [0.1, 0.15) is 27.1 Å². The average molecular weight is 452 g/mol. The van der Waals surface area contributed by atoms with Crippen LogP contribution in [0.15, 0.2) is 60.7 Å². The number of carbonyl (C=O) groups is 2. The van der Waals surface area contributed by atoms with E-state index in [9.17, 15) is 14.7 Å². The molecule has 1 saturated heterocycles. The van der Waals surface area contributed by atoms with Gasteiger partial charge in [0.25, 0.3) is 5.91 Å². The zero-order valence-electron chi connectivity index (χ0n) is 17.2. The Bertz CT molecular complexity index is 1110. The van der Waals surface area contributed by atoms with Crippen LogP contribution in [0.2, 0.25) is 5.15 Å². The van der Waals surface area contributed by atoms with Gasteiger partial charge in [-0.15, -0.1) is 10.2 Å². The number of aromatic carboxylic acids is 1. The summed E-state index contributed by atoms with van der Waals surface area (Å²) in [5, 5.41) is 21.0. The van der Waals surface area contributed by atoms with Crippen LogP contribution in [-0.4, -0.2) is 53.4 Å². The van der Waals surface area contributed by atoms with E-state index < -0.39 is 5.97 Å². The fraction of sp³-hybridized carbons (Fsp3) is 0.217. The number of aromatic nitrogens is 2. The molecule has 2 heterocycles. The van der Waals surface area contributed by atoms with Crippen molar-refractivity contribution >= 4 is 40.7 Å². The largest absolute Gasteiger partial charge is 0.478 e. The van der Waals surface area contributed by atoms with Gasteiger partial charge in [-0.25, -0.2) is 4.79 Å². The highest BCUT2D eigenvalue weighted by molar-refractivity contribution is 6.29. The highest BCUT2D eigenvalue weighted by Gasteiger charge is 2.21. The number of carboxylic acids is 1. The van der Waals surface area contributed by atoms with Crippen LogP contribution in [0.25, 0.3) is 0 Å². The molecule has 1 aliphatic heterocycles. The van der Waals surface area contributed by atoms with Crippen molar-refractivity contribution in [3.8, 4) is 0 Å². The number of amides is 1. The van der Waals surface area contributed by atoms with E-state index in [2.05, 4.69) is 25.3 Å². The maximum absolute atomic E-state index is 12.4. The Kier molecular flexibility index (Phi) is 6.51. The van der Waals surface area contributed by atoms with E-state index in [0.717, 1.165) is 18.8 Å². The van der Waals surface area contributed by atoms with Gasteiger partial charge in [-0.1, -0.05) is 29.8 Å². The molecule has 0 aliphatic carbocycles. The summed E-state index contributed by atoms with van der Waals surface area (Å²) >= 11 is 5.83. The number of hydrogen-bond donors (Lipinski definition) is 2. The lowest BCUT2D eigenvalue weighted by atomic mass is 10.1. The van der Waals surface area contributed by atoms with E-state index in [4.69, 9.17) is 11.6 Å². The second-order valence-corrected chi connectivity index (χ2v) is 7.79. The Balaban J connectivity index is 1.51. The minimum Gasteiger partial charge on any atom is -0.478 e. The molecule has 0 radical (unpaired) electrons. The molecule has 1 aromatic heterocycles. The van der Waals surface area contributed by atoms with Crippen LogP contribution < -0.4 is 15.1 Å². The van der Waals surface area contributed by atoms with E-state index in [1.165, 1.54) is 6.07 Å². The predicted octanol–water partition coefficient (Wildman–Crippen LogP) is 3.80. The van der Waals surface area contributed by atoms with Crippen LogP contribution in [0.4, 0.5) is 17.2 Å². The van der Waals surface area contributed by atoms with Crippen LogP contribution in [0.5, 0.6) is 0 Å². The molecule has 1 fully saturated rings. The number of hydrogen-bond acceptors (Lipinski definition) is 6. The monoisotopic (exact) mass is 451 g/mol. The van der Waals surface area contributed by atoms with Crippen LogP contribution in [-0.2, 0) is 0 Å². The van der Waals surface area contributed by atoms with Crippen molar-refractivity contribution in [3.63, 3.8) is 0 Å². The third-order valence-corrected chi connectivity index (χ3v) is 5.50. The maximum atomic E-state index is 12.4. The number of nitrogens with one attached hydrogen (secondary N) is 1. The molecule has 164 valence electrons. The zero-order chi connectivity index (χ0) is 22.5. The molecule has 9 heteroatoms. The quantitative estimate of drug-likeness (QED) is 0.608. The molecule has 32 heavy (non-hydrogen) atoms. The number of carboxylic acid groups (broad SMARTS) is 1. The Morgan fingerprint density at radius 2 is 1.66 bits per heavy atom. The van der Waals surface area contributed by atoms with Crippen molar-refractivity contribution in [3.05, 3.63) is 76.9 Å². The summed E-state index contributed by atoms with van der Waals surface area (Å²) in [5.41, 5.74) is 1.72. The summed E-state index contributed by atoms with van der Waals surface area (Å²) in [4.78, 5) is 28.6. The Labute approximate surface area is 190 Å². The number of benzene rings is 2. The Morgan fingerprint density at radius 3 is 2.38 bits per heavy atom. The molecule has 3 aromatic rings. The van der Waals surface area contributed by atoms with Crippen molar-refractivity contribution < 1.29 is 14.7 Å². The summed E-state index contributed by atoms with van der Waals surface area (Å²) < 4.78 is 0. The molecule has 1 amide bonds. The molecular formula is C23H22ClN5O3. The first-order chi connectivity index (χ1) is 15.5. The van der Waals surface area contributed by atoms with Gasteiger partial charge < -0.3 is 20.2 Å². The highest BCUT2D eigenvalue weighted by Crippen LogP contribution is 2.27. The van der Waals surface area contributed by atoms with E-state index in [1.54, 1.807) is 42.5 Å². The van der Waals surface area contributed by atoms with Gasteiger partial charge in [-0.05, 0) is 48.9 Å². The zero-order valence-corrected chi connectivity index (χ0v) is 18.0. The predicted molar refractivity (Wildman–Crippen MR) is 124 cm³/mol. The average Bonchev–Trinajstić information content (AvgIpc) is 3.06. The van der Waals surface area contributed by atoms with E-state index in [-0.39, 0.29) is 11.5 Å². The molecule has 0 spiro atoms. The van der Waals surface area contributed by atoms with Gasteiger partial charge in [-0.2, -0.15) is 0 Å². The number of anilines is 3. The number of carbonyl (C=O) groups excluding carboxylic acids is 1. The van der Waals surface area contributed by atoms with Gasteiger partial charge >= 0.3 is 5.97 Å². The Morgan fingerprint density at radius 1 is 0.906 bits per heavy atom. The molecular weight excluding hydrogens is 430 g/mol. The summed E-state index contributed by atoms with van der Waals surface area (Å²) in [6.07, 6.45) is 0.829. The van der Waals surface area contributed by atoms with Crippen molar-refractivity contribution in [1.82, 2.24) is 10.2 Å². The molecule has 8 nitrogen and oxygen atoms in total. The number of nitrogens with zero attached hydrogens (tertiary/aromatic N) is 4. The summed E-state index contributed by atoms with van der Waals surface area (Å²) in [6, 6.07) is 17.3. The highest BCUT2D eigenvalue weighted by atomic mass is 35.5. The minimum absolute atomic E-state index is 0.149. The van der Waals surface area contributed by atoms with Gasteiger partial charge in [0.15, 0.2) is 11.0 Å². The maximum Gasteiger partial charge on any atom is 0.337 e. The lowest BCUT2D eigenvalue weighted by Crippen LogP contribution is -2.32. The van der Waals surface area contributed by atoms with E-state index in [1.807, 2.05) is 12.1 Å². The Hall–Kier alpha value is -3.65. The molecule has 2 N–H and O–H groups in total. The topological polar surface area (TPSA) is 98.7 Å². The normalized spacial score (nSPS) is 14.0. The van der Waals surface area contributed by atoms with Gasteiger partial charge in [0.1, 0.15) is 0 Å². The van der Waals surface area contributed by atoms with Gasteiger partial charge in [0.2, 0.25) is 0 Å². The molecule has 1 aliphatic rings. The minimum atomic E-state index is -1.04. The summed E-state index contributed by atoms with van der Waals surface area (Å²) in [7, 11) is 0. The van der Waals surface area contributed by atoms with E-state index in [0.29, 0.717) is 41.7 Å². The summed E-state index contributed by atoms with van der Waals surface area (Å²) in [5.74, 6) is -0.585. The van der Waals surface area contributed by atoms with Crippen molar-refractivity contribution in [1.29, 1.82) is 0 Å². The lowest BCUT2D eigenvalue weighted by molar-refractivity contribution is 0.0697. The molecule has 0 atom stereocenters. The molecule has 4 rings (SSSR count). The second-order valence-electron chi connectivity index (χ2n) is 7.40. The first-order valence-electron chi connectivity index (χ1n) is 10.2. The van der Waals surface area contributed by atoms with Crippen molar-refractivity contribution in [2.45, 2.75) is 6.42 Å². The van der Waals surface area contributed by atoms with Crippen molar-refractivity contribution in [2.75, 3.05) is 41.3 Å². The van der Waals surface area contributed by atoms with Gasteiger partial charge in [0.05, 0.1) is 11.3 Å². The number of rotatable bonds is 5. The first-order valence-corrected chi connectivity index (χ1v) is 10.6. The standard InChI is InChI=1S/C23H22ClN5O3/c24-20-9-10-21(27-26-20)29-12-4-11-28(13-14-29)19-8-7-17(15-18(19)23(31)32)25-22(30)16-5-2-1-3-6-16/h1-3,5-10,15H,4,11-14H2,(H,25,30)(H,31,32). The number of halogens is 1. The SMILES string of the molecule is O=C(Nc1ccc(N2CCCN(c3ccc(Cl)nn3)CC2)c(C(=O)O)c1)c1ccccc1. The van der Waals surface area contributed by atoms with Crippen LogP contribution in [0, 0.1) is 0 Å². The summed E-state index contributed by atoms with van der Waals surface area (Å²) in [6.45, 7) is 2.77. The van der Waals surface area contributed by atoms with Crippen LogP contribution in [0.3, 0.4) is 0 Å². The van der Waals surface area contributed by atoms with Gasteiger partial charge in [0, 0.05) is 37.4 Å².